The van der Waals surface area contributed by atoms with Crippen LogP contribution in [0.4, 0.5) is 5.13 Å². The van der Waals surface area contributed by atoms with Crippen molar-refractivity contribution in [1.82, 2.24) is 9.29 Å². The van der Waals surface area contributed by atoms with Gasteiger partial charge in [-0.25, -0.2) is 18.2 Å². The number of methoxy groups -OCH3 is 1. The molecule has 0 spiro atoms. The molecule has 0 unspecified atom stereocenters. The SMILES string of the molecule is COc1ccc(C(=O)OCC(=O)Nc2nc3ccc(C)cc3s2)cc1S(=O)(=O)N1CCOCC1. The summed E-state index contributed by atoms with van der Waals surface area (Å²) in [5.74, 6) is -1.29. The van der Waals surface area contributed by atoms with E-state index in [-0.39, 0.29) is 42.5 Å². The zero-order valence-corrected chi connectivity index (χ0v) is 20.2. The summed E-state index contributed by atoms with van der Waals surface area (Å²) >= 11 is 1.31. The monoisotopic (exact) mass is 505 g/mol. The maximum absolute atomic E-state index is 13.1. The third-order valence-electron chi connectivity index (χ3n) is 5.11. The van der Waals surface area contributed by atoms with Crippen LogP contribution in [0, 0.1) is 6.92 Å². The standard InChI is InChI=1S/C22H23N3O7S2/c1-14-3-5-16-18(11-14)33-22(23-16)24-20(26)13-32-21(27)15-4-6-17(30-2)19(12-15)34(28,29)25-7-9-31-10-8-25/h3-6,11-12H,7-10,13H2,1-2H3,(H,23,24,26). The highest BCUT2D eigenvalue weighted by Gasteiger charge is 2.30. The van der Waals surface area contributed by atoms with Gasteiger partial charge in [-0.05, 0) is 42.8 Å². The van der Waals surface area contributed by atoms with E-state index in [0.29, 0.717) is 5.13 Å². The van der Waals surface area contributed by atoms with Crippen LogP contribution in [0.25, 0.3) is 10.2 Å². The Balaban J connectivity index is 1.44. The molecule has 1 aromatic heterocycles. The fraction of sp³-hybridized carbons (Fsp3) is 0.318. The number of amides is 1. The number of carbonyl (C=O) groups excluding carboxylic acids is 2. The Bertz CT molecular complexity index is 1330. The number of morpholine rings is 1. The van der Waals surface area contributed by atoms with Gasteiger partial charge in [-0.15, -0.1) is 0 Å². The molecule has 10 nitrogen and oxygen atoms in total. The van der Waals surface area contributed by atoms with Crippen LogP contribution in [0.1, 0.15) is 15.9 Å². The van der Waals surface area contributed by atoms with Crippen LogP contribution >= 0.6 is 11.3 Å². The van der Waals surface area contributed by atoms with E-state index < -0.39 is 28.5 Å². The quantitative estimate of drug-likeness (QED) is 0.486. The zero-order valence-electron chi connectivity index (χ0n) is 18.6. The lowest BCUT2D eigenvalue weighted by atomic mass is 10.2. The molecule has 180 valence electrons. The predicted octanol–water partition coefficient (Wildman–Crippen LogP) is 2.43. The van der Waals surface area contributed by atoms with Gasteiger partial charge < -0.3 is 14.2 Å². The van der Waals surface area contributed by atoms with Crippen LogP contribution in [-0.4, -0.2) is 69.6 Å². The second kappa shape index (κ2) is 10.1. The summed E-state index contributed by atoms with van der Waals surface area (Å²) in [7, 11) is -2.57. The van der Waals surface area contributed by atoms with E-state index >= 15 is 0 Å². The lowest BCUT2D eigenvalue weighted by molar-refractivity contribution is -0.119. The highest BCUT2D eigenvalue weighted by atomic mass is 32.2. The van der Waals surface area contributed by atoms with Crippen molar-refractivity contribution < 1.29 is 32.2 Å². The first-order valence-corrected chi connectivity index (χ1v) is 12.6. The van der Waals surface area contributed by atoms with Crippen LogP contribution < -0.4 is 10.1 Å². The molecule has 2 heterocycles. The van der Waals surface area contributed by atoms with E-state index in [9.17, 15) is 18.0 Å². The van der Waals surface area contributed by atoms with Crippen molar-refractivity contribution in [3.05, 3.63) is 47.5 Å². The van der Waals surface area contributed by atoms with Gasteiger partial charge in [-0.2, -0.15) is 4.31 Å². The van der Waals surface area contributed by atoms with E-state index in [4.69, 9.17) is 14.2 Å². The fourth-order valence-electron chi connectivity index (χ4n) is 3.39. The number of hydrogen-bond acceptors (Lipinski definition) is 9. The molecule has 3 aromatic rings. The van der Waals surface area contributed by atoms with Crippen molar-refractivity contribution in [1.29, 1.82) is 0 Å². The molecular weight excluding hydrogens is 482 g/mol. The number of thiazole rings is 1. The van der Waals surface area contributed by atoms with Gasteiger partial charge >= 0.3 is 5.97 Å². The highest BCUT2D eigenvalue weighted by Crippen LogP contribution is 2.29. The Morgan fingerprint density at radius 3 is 2.68 bits per heavy atom. The normalized spacial score (nSPS) is 14.6. The number of carbonyl (C=O) groups is 2. The second-order valence-electron chi connectivity index (χ2n) is 7.50. The Hall–Kier alpha value is -3.06. The van der Waals surface area contributed by atoms with Crippen LogP contribution in [-0.2, 0) is 24.3 Å². The molecule has 0 radical (unpaired) electrons. The van der Waals surface area contributed by atoms with Crippen LogP contribution in [0.15, 0.2) is 41.3 Å². The average molecular weight is 506 g/mol. The molecule has 0 atom stereocenters. The molecule has 1 aliphatic heterocycles. The summed E-state index contributed by atoms with van der Waals surface area (Å²) < 4.78 is 43.9. The number of ether oxygens (including phenoxy) is 3. The van der Waals surface area contributed by atoms with E-state index in [1.165, 1.54) is 41.0 Å². The Kier molecular flexibility index (Phi) is 7.12. The molecule has 0 bridgehead atoms. The molecule has 1 aliphatic rings. The van der Waals surface area contributed by atoms with Crippen molar-refractivity contribution in [3.63, 3.8) is 0 Å². The lowest BCUT2D eigenvalue weighted by Gasteiger charge is -2.26. The van der Waals surface area contributed by atoms with E-state index in [2.05, 4.69) is 10.3 Å². The minimum absolute atomic E-state index is 0.0177. The maximum Gasteiger partial charge on any atom is 0.338 e. The van der Waals surface area contributed by atoms with Gasteiger partial charge in [-0.1, -0.05) is 17.4 Å². The molecular formula is C22H23N3O7S2. The second-order valence-corrected chi connectivity index (χ2v) is 10.4. The summed E-state index contributed by atoms with van der Waals surface area (Å²) in [5, 5.41) is 3.00. The van der Waals surface area contributed by atoms with Crippen molar-refractivity contribution in [2.45, 2.75) is 11.8 Å². The number of esters is 1. The number of aryl methyl sites for hydroxylation is 1. The third-order valence-corrected chi connectivity index (χ3v) is 7.97. The predicted molar refractivity (Wildman–Crippen MR) is 126 cm³/mol. The zero-order chi connectivity index (χ0) is 24.3. The Morgan fingerprint density at radius 1 is 1.18 bits per heavy atom. The first-order valence-electron chi connectivity index (χ1n) is 10.4. The third kappa shape index (κ3) is 5.20. The summed E-state index contributed by atoms with van der Waals surface area (Å²) in [4.78, 5) is 29.0. The molecule has 1 saturated heterocycles. The van der Waals surface area contributed by atoms with Gasteiger partial charge in [0, 0.05) is 13.1 Å². The molecule has 1 amide bonds. The molecule has 0 saturated carbocycles. The van der Waals surface area contributed by atoms with Crippen LogP contribution in [0.3, 0.4) is 0 Å². The first-order chi connectivity index (χ1) is 16.3. The number of nitrogens with one attached hydrogen (secondary N) is 1. The summed E-state index contributed by atoms with van der Waals surface area (Å²) in [6.45, 7) is 2.38. The van der Waals surface area contributed by atoms with E-state index in [1.807, 2.05) is 25.1 Å². The molecule has 1 fully saturated rings. The van der Waals surface area contributed by atoms with Crippen molar-refractivity contribution in [2.24, 2.45) is 0 Å². The number of nitrogens with zero attached hydrogens (tertiary/aromatic N) is 2. The molecule has 12 heteroatoms. The van der Waals surface area contributed by atoms with Crippen LogP contribution in [0.5, 0.6) is 5.75 Å². The minimum Gasteiger partial charge on any atom is -0.495 e. The van der Waals surface area contributed by atoms with E-state index in [1.54, 1.807) is 0 Å². The average Bonchev–Trinajstić information content (AvgIpc) is 3.23. The Morgan fingerprint density at radius 2 is 1.94 bits per heavy atom. The molecule has 4 rings (SSSR count). The number of benzene rings is 2. The van der Waals surface area contributed by atoms with Crippen LogP contribution in [0.2, 0.25) is 0 Å². The van der Waals surface area contributed by atoms with Gasteiger partial charge in [0.15, 0.2) is 11.7 Å². The van der Waals surface area contributed by atoms with Crippen molar-refractivity contribution >= 4 is 48.6 Å². The molecule has 1 N–H and O–H groups in total. The number of sulfonamides is 1. The van der Waals surface area contributed by atoms with Crippen molar-refractivity contribution in [3.8, 4) is 5.75 Å². The molecule has 34 heavy (non-hydrogen) atoms. The molecule has 2 aromatic carbocycles. The molecule has 0 aliphatic carbocycles. The Labute approximate surface area is 200 Å². The lowest BCUT2D eigenvalue weighted by Crippen LogP contribution is -2.40. The summed E-state index contributed by atoms with van der Waals surface area (Å²) in [5.41, 5.74) is 1.82. The van der Waals surface area contributed by atoms with Crippen molar-refractivity contribution in [2.75, 3.05) is 45.3 Å². The highest BCUT2D eigenvalue weighted by molar-refractivity contribution is 7.89. The summed E-state index contributed by atoms with van der Waals surface area (Å²) in [6.07, 6.45) is 0. The smallest absolute Gasteiger partial charge is 0.338 e. The first kappa shape index (κ1) is 24.1. The summed E-state index contributed by atoms with van der Waals surface area (Å²) in [6, 6.07) is 9.72. The van der Waals surface area contributed by atoms with E-state index in [0.717, 1.165) is 15.8 Å². The van der Waals surface area contributed by atoms with Gasteiger partial charge in [0.1, 0.15) is 10.6 Å². The largest absolute Gasteiger partial charge is 0.495 e. The fourth-order valence-corrected chi connectivity index (χ4v) is 5.96. The number of aromatic nitrogens is 1. The van der Waals surface area contributed by atoms with Gasteiger partial charge in [0.25, 0.3) is 5.91 Å². The van der Waals surface area contributed by atoms with Gasteiger partial charge in [0.2, 0.25) is 10.0 Å². The number of rotatable bonds is 7. The topological polar surface area (TPSA) is 124 Å². The number of fused-ring (bicyclic) bond motifs is 1. The number of anilines is 1. The minimum atomic E-state index is -3.91. The maximum atomic E-state index is 13.1. The van der Waals surface area contributed by atoms with Gasteiger partial charge in [-0.3, -0.25) is 10.1 Å². The number of hydrogen-bond donors (Lipinski definition) is 1. The van der Waals surface area contributed by atoms with Gasteiger partial charge in [0.05, 0.1) is 36.1 Å².